The minimum atomic E-state index is 0. The second kappa shape index (κ2) is 10.6. The van der Waals surface area contributed by atoms with Gasteiger partial charge in [-0.15, -0.1) is 24.0 Å². The lowest BCUT2D eigenvalue weighted by Crippen LogP contribution is -2.23. The molecule has 0 radical (unpaired) electrons. The van der Waals surface area contributed by atoms with E-state index in [1.165, 1.54) is 0 Å². The summed E-state index contributed by atoms with van der Waals surface area (Å²) in [6.07, 6.45) is 0. The molecule has 0 aliphatic heterocycles. The number of nitrogens with zero attached hydrogens (tertiary/aromatic N) is 1. The molecule has 7 heteroatoms. The third-order valence-electron chi connectivity index (χ3n) is 2.38. The first kappa shape index (κ1) is 18.8. The molecule has 0 amide bonds. The molecule has 6 nitrogen and oxygen atoms in total. The Morgan fingerprint density at radius 2 is 1.95 bits per heavy atom. The van der Waals surface area contributed by atoms with Crippen molar-refractivity contribution in [2.24, 2.45) is 10.7 Å². The van der Waals surface area contributed by atoms with Crippen LogP contribution < -0.4 is 20.5 Å². The van der Waals surface area contributed by atoms with Gasteiger partial charge in [0.2, 0.25) is 0 Å². The topological polar surface area (TPSA) is 78.1 Å². The Morgan fingerprint density at radius 3 is 2.55 bits per heavy atom. The van der Waals surface area contributed by atoms with Gasteiger partial charge in [-0.3, -0.25) is 4.99 Å². The summed E-state index contributed by atoms with van der Waals surface area (Å²) in [5.74, 6) is 1.64. The van der Waals surface area contributed by atoms with Crippen LogP contribution in [0.5, 0.6) is 11.5 Å². The number of methoxy groups -OCH3 is 2. The molecule has 0 spiro atoms. The molecule has 3 N–H and O–H groups in total. The van der Waals surface area contributed by atoms with Crippen molar-refractivity contribution in [3.63, 3.8) is 0 Å². The normalized spacial score (nSPS) is 10.7. The van der Waals surface area contributed by atoms with Crippen molar-refractivity contribution in [2.75, 3.05) is 39.3 Å². The fourth-order valence-electron chi connectivity index (χ4n) is 1.48. The van der Waals surface area contributed by atoms with Crippen LogP contribution in [0.3, 0.4) is 0 Å². The van der Waals surface area contributed by atoms with Crippen LogP contribution in [-0.2, 0) is 4.74 Å². The predicted molar refractivity (Wildman–Crippen MR) is 91.6 cm³/mol. The summed E-state index contributed by atoms with van der Waals surface area (Å²) in [5, 5.41) is 2.98. The zero-order valence-corrected chi connectivity index (χ0v) is 14.3. The van der Waals surface area contributed by atoms with Crippen LogP contribution in [-0.4, -0.2) is 39.9 Å². The molecule has 20 heavy (non-hydrogen) atoms. The minimum absolute atomic E-state index is 0. The number of anilines is 1. The van der Waals surface area contributed by atoms with Gasteiger partial charge in [0.15, 0.2) is 17.5 Å². The monoisotopic (exact) mass is 395 g/mol. The van der Waals surface area contributed by atoms with Crippen LogP contribution in [0, 0.1) is 0 Å². The first-order chi connectivity index (χ1) is 9.21. The van der Waals surface area contributed by atoms with Gasteiger partial charge in [0, 0.05) is 18.4 Å². The van der Waals surface area contributed by atoms with Crippen LogP contribution in [0.1, 0.15) is 6.92 Å². The molecule has 1 rings (SSSR count). The molecular formula is C13H22IN3O3. The molecule has 1 aromatic rings. The largest absolute Gasteiger partial charge is 0.493 e. The van der Waals surface area contributed by atoms with Crippen molar-refractivity contribution in [3.05, 3.63) is 18.2 Å². The summed E-state index contributed by atoms with van der Waals surface area (Å²) in [6.45, 7) is 3.71. The number of hydrogen-bond donors (Lipinski definition) is 2. The number of halogens is 1. The zero-order valence-electron chi connectivity index (χ0n) is 12.0. The van der Waals surface area contributed by atoms with E-state index in [0.29, 0.717) is 37.2 Å². The van der Waals surface area contributed by atoms with Crippen LogP contribution >= 0.6 is 24.0 Å². The Labute approximate surface area is 136 Å². The lowest BCUT2D eigenvalue weighted by molar-refractivity contribution is 0.156. The molecule has 0 bridgehead atoms. The highest BCUT2D eigenvalue weighted by atomic mass is 127. The molecule has 0 atom stereocenters. The van der Waals surface area contributed by atoms with Gasteiger partial charge >= 0.3 is 0 Å². The molecule has 114 valence electrons. The molecule has 0 saturated heterocycles. The van der Waals surface area contributed by atoms with Gasteiger partial charge in [-0.05, 0) is 19.1 Å². The highest BCUT2D eigenvalue weighted by Gasteiger charge is 2.04. The van der Waals surface area contributed by atoms with E-state index in [0.717, 1.165) is 5.69 Å². The maximum Gasteiger partial charge on any atom is 0.193 e. The Kier molecular flexibility index (Phi) is 9.91. The predicted octanol–water partition coefficient (Wildman–Crippen LogP) is 2.08. The van der Waals surface area contributed by atoms with Crippen LogP contribution in [0.4, 0.5) is 5.69 Å². The van der Waals surface area contributed by atoms with Crippen LogP contribution in [0.25, 0.3) is 0 Å². The third-order valence-corrected chi connectivity index (χ3v) is 2.38. The molecule has 0 aromatic heterocycles. The number of ether oxygens (including phenoxy) is 3. The van der Waals surface area contributed by atoms with Crippen LogP contribution in [0.15, 0.2) is 23.2 Å². The molecule has 1 aromatic carbocycles. The Balaban J connectivity index is 0.00000361. The van der Waals surface area contributed by atoms with Gasteiger partial charge in [0.25, 0.3) is 0 Å². The highest BCUT2D eigenvalue weighted by Crippen LogP contribution is 2.29. The summed E-state index contributed by atoms with van der Waals surface area (Å²) in [6, 6.07) is 5.44. The van der Waals surface area contributed by atoms with Crippen molar-refractivity contribution >= 4 is 35.6 Å². The van der Waals surface area contributed by atoms with Crippen molar-refractivity contribution in [2.45, 2.75) is 6.92 Å². The molecule has 0 fully saturated rings. The number of hydrogen-bond acceptors (Lipinski definition) is 4. The van der Waals surface area contributed by atoms with E-state index < -0.39 is 0 Å². The SMILES string of the molecule is CCOCCN=C(N)Nc1ccc(OC)c(OC)c1.I. The van der Waals surface area contributed by atoms with E-state index in [1.54, 1.807) is 26.4 Å². The van der Waals surface area contributed by atoms with Crippen molar-refractivity contribution in [1.82, 2.24) is 0 Å². The van der Waals surface area contributed by atoms with Gasteiger partial charge in [-0.1, -0.05) is 0 Å². The second-order valence-corrected chi connectivity index (χ2v) is 3.66. The van der Waals surface area contributed by atoms with Gasteiger partial charge in [0.05, 0.1) is 27.4 Å². The number of rotatable bonds is 7. The molecule has 0 aliphatic carbocycles. The molecular weight excluding hydrogens is 373 g/mol. The lowest BCUT2D eigenvalue weighted by atomic mass is 10.3. The molecule has 0 aliphatic rings. The van der Waals surface area contributed by atoms with E-state index in [-0.39, 0.29) is 24.0 Å². The average molecular weight is 395 g/mol. The molecule has 0 saturated carbocycles. The van der Waals surface area contributed by atoms with E-state index in [9.17, 15) is 0 Å². The van der Waals surface area contributed by atoms with Gasteiger partial charge in [-0.25, -0.2) is 0 Å². The standard InChI is InChI=1S/C13H21N3O3.HI/c1-4-19-8-7-15-13(14)16-10-5-6-11(17-2)12(9-10)18-3;/h5-6,9H,4,7-8H2,1-3H3,(H3,14,15,16);1H. The maximum atomic E-state index is 5.76. The summed E-state index contributed by atoms with van der Waals surface area (Å²) in [5.41, 5.74) is 6.55. The molecule has 0 unspecified atom stereocenters. The smallest absolute Gasteiger partial charge is 0.193 e. The van der Waals surface area contributed by atoms with Gasteiger partial charge in [-0.2, -0.15) is 0 Å². The Hall–Kier alpha value is -1.22. The highest BCUT2D eigenvalue weighted by molar-refractivity contribution is 14.0. The maximum absolute atomic E-state index is 5.76. The van der Waals surface area contributed by atoms with E-state index in [2.05, 4.69) is 10.3 Å². The lowest BCUT2D eigenvalue weighted by Gasteiger charge is -2.10. The van der Waals surface area contributed by atoms with E-state index >= 15 is 0 Å². The number of nitrogens with one attached hydrogen (secondary N) is 1. The molecule has 0 heterocycles. The minimum Gasteiger partial charge on any atom is -0.493 e. The van der Waals surface area contributed by atoms with Crippen molar-refractivity contribution in [3.8, 4) is 11.5 Å². The van der Waals surface area contributed by atoms with E-state index in [1.807, 2.05) is 13.0 Å². The van der Waals surface area contributed by atoms with E-state index in [4.69, 9.17) is 19.9 Å². The number of nitrogens with two attached hydrogens (primary N) is 1. The van der Waals surface area contributed by atoms with Gasteiger partial charge in [0.1, 0.15) is 0 Å². The van der Waals surface area contributed by atoms with Crippen molar-refractivity contribution < 1.29 is 14.2 Å². The summed E-state index contributed by atoms with van der Waals surface area (Å²) >= 11 is 0. The first-order valence-corrected chi connectivity index (χ1v) is 6.08. The summed E-state index contributed by atoms with van der Waals surface area (Å²) in [7, 11) is 3.18. The van der Waals surface area contributed by atoms with Gasteiger partial charge < -0.3 is 25.3 Å². The quantitative estimate of drug-likeness (QED) is 0.320. The van der Waals surface area contributed by atoms with Crippen LogP contribution in [0.2, 0.25) is 0 Å². The average Bonchev–Trinajstić information content (AvgIpc) is 2.43. The Morgan fingerprint density at radius 1 is 1.25 bits per heavy atom. The summed E-state index contributed by atoms with van der Waals surface area (Å²) < 4.78 is 15.5. The fourth-order valence-corrected chi connectivity index (χ4v) is 1.48. The van der Waals surface area contributed by atoms with Crippen molar-refractivity contribution in [1.29, 1.82) is 0 Å². The number of benzene rings is 1. The second-order valence-electron chi connectivity index (χ2n) is 3.66. The number of aliphatic imine (C=N–C) groups is 1. The fraction of sp³-hybridized carbons (Fsp3) is 0.462. The zero-order chi connectivity index (χ0) is 14.1. The first-order valence-electron chi connectivity index (χ1n) is 6.08. The summed E-state index contributed by atoms with van der Waals surface area (Å²) in [4.78, 5) is 4.14. The Bertz CT molecular complexity index is 427. The third kappa shape index (κ3) is 6.29. The number of guanidine groups is 1.